The summed E-state index contributed by atoms with van der Waals surface area (Å²) in [5, 5.41) is 7.04. The average molecular weight is 342 g/mol. The van der Waals surface area contributed by atoms with Crippen LogP contribution in [-0.4, -0.2) is 49.0 Å². The van der Waals surface area contributed by atoms with Gasteiger partial charge in [-0.05, 0) is 30.9 Å². The second kappa shape index (κ2) is 7.46. The van der Waals surface area contributed by atoms with E-state index in [9.17, 15) is 4.79 Å². The van der Waals surface area contributed by atoms with E-state index in [0.717, 1.165) is 31.9 Å². The molecule has 0 aromatic heterocycles. The normalized spacial score (nSPS) is 26.0. The van der Waals surface area contributed by atoms with Crippen LogP contribution in [0.3, 0.4) is 0 Å². The Hall–Kier alpha value is -2.04. The monoisotopic (exact) mass is 342 g/mol. The molecule has 1 amide bonds. The topological polar surface area (TPSA) is 56.7 Å². The van der Waals surface area contributed by atoms with Crippen molar-refractivity contribution >= 4 is 11.9 Å². The number of nitrogens with one attached hydrogen (secondary N) is 2. The maximum atomic E-state index is 12.1. The van der Waals surface area contributed by atoms with Gasteiger partial charge in [-0.15, -0.1) is 0 Å². The van der Waals surface area contributed by atoms with Crippen molar-refractivity contribution in [3.8, 4) is 0 Å². The number of rotatable bonds is 4. The number of amides is 1. The summed E-state index contributed by atoms with van der Waals surface area (Å²) < 4.78 is 0. The minimum Gasteiger partial charge on any atom is -0.353 e. The van der Waals surface area contributed by atoms with Crippen molar-refractivity contribution in [2.24, 2.45) is 10.9 Å². The average Bonchev–Trinajstić information content (AvgIpc) is 3.19. The van der Waals surface area contributed by atoms with Gasteiger partial charge in [0.25, 0.3) is 0 Å². The Morgan fingerprint density at radius 3 is 2.72 bits per heavy atom. The van der Waals surface area contributed by atoms with Crippen molar-refractivity contribution in [2.75, 3.05) is 20.1 Å². The molecule has 1 aliphatic heterocycles. The number of aryl methyl sites for hydroxylation is 1. The van der Waals surface area contributed by atoms with Crippen LogP contribution in [-0.2, 0) is 4.79 Å². The highest BCUT2D eigenvalue weighted by Crippen LogP contribution is 2.42. The number of carbonyl (C=O) groups excluding carboxylic acids is 1. The molecule has 1 aliphatic carbocycles. The molecule has 0 spiro atoms. The first-order valence-electron chi connectivity index (χ1n) is 9.33. The molecule has 2 fully saturated rings. The van der Waals surface area contributed by atoms with Crippen molar-refractivity contribution < 1.29 is 4.79 Å². The Morgan fingerprint density at radius 2 is 2.04 bits per heavy atom. The van der Waals surface area contributed by atoms with Gasteiger partial charge in [0, 0.05) is 44.1 Å². The first-order valence-corrected chi connectivity index (χ1v) is 9.33. The molecule has 1 aromatic carbocycles. The van der Waals surface area contributed by atoms with Gasteiger partial charge >= 0.3 is 0 Å². The van der Waals surface area contributed by atoms with Gasteiger partial charge in [-0.1, -0.05) is 38.1 Å². The van der Waals surface area contributed by atoms with Gasteiger partial charge in [0.05, 0.1) is 0 Å². The van der Waals surface area contributed by atoms with Gasteiger partial charge in [-0.2, -0.15) is 0 Å². The zero-order valence-corrected chi connectivity index (χ0v) is 15.7. The molecule has 2 aliphatic rings. The summed E-state index contributed by atoms with van der Waals surface area (Å²) in [6.07, 6.45) is 2.12. The third kappa shape index (κ3) is 4.14. The zero-order chi connectivity index (χ0) is 18.0. The number of nitrogens with zero attached hydrogens (tertiary/aromatic N) is 2. The Labute approximate surface area is 150 Å². The number of hydrogen-bond donors (Lipinski definition) is 2. The van der Waals surface area contributed by atoms with Gasteiger partial charge < -0.3 is 15.5 Å². The molecule has 0 radical (unpaired) electrons. The largest absolute Gasteiger partial charge is 0.353 e. The maximum absolute atomic E-state index is 12.1. The summed E-state index contributed by atoms with van der Waals surface area (Å²) in [4.78, 5) is 18.5. The Kier molecular flexibility index (Phi) is 5.30. The molecule has 3 rings (SSSR count). The molecule has 1 saturated carbocycles. The lowest BCUT2D eigenvalue weighted by Crippen LogP contribution is -2.46. The van der Waals surface area contributed by atoms with Crippen LogP contribution in [0.4, 0.5) is 0 Å². The van der Waals surface area contributed by atoms with E-state index in [1.54, 1.807) is 0 Å². The molecule has 5 heteroatoms. The second-order valence-electron chi connectivity index (χ2n) is 7.59. The number of carbonyl (C=O) groups is 1. The predicted octanol–water partition coefficient (Wildman–Crippen LogP) is 2.27. The lowest BCUT2D eigenvalue weighted by molar-refractivity contribution is -0.133. The number of benzene rings is 1. The Morgan fingerprint density at radius 1 is 1.28 bits per heavy atom. The molecule has 3 atom stereocenters. The van der Waals surface area contributed by atoms with Gasteiger partial charge in [-0.25, -0.2) is 0 Å². The summed E-state index contributed by atoms with van der Waals surface area (Å²) in [5.74, 6) is 1.74. The van der Waals surface area contributed by atoms with Crippen LogP contribution in [0.25, 0.3) is 0 Å². The molecular weight excluding hydrogens is 312 g/mol. The molecule has 2 N–H and O–H groups in total. The summed E-state index contributed by atoms with van der Waals surface area (Å²) in [6.45, 7) is 7.70. The number of aliphatic imine (C=N–C) groups is 1. The molecular formula is C20H30N4O. The van der Waals surface area contributed by atoms with Crippen molar-refractivity contribution in [3.05, 3.63) is 35.4 Å². The maximum Gasteiger partial charge on any atom is 0.225 e. The fraction of sp³-hybridized carbons (Fsp3) is 0.600. The van der Waals surface area contributed by atoms with Gasteiger partial charge in [0.15, 0.2) is 5.96 Å². The lowest BCUT2D eigenvalue weighted by Gasteiger charge is -2.20. The fourth-order valence-corrected chi connectivity index (χ4v) is 3.68. The van der Waals surface area contributed by atoms with Crippen molar-refractivity contribution in [1.29, 1.82) is 0 Å². The van der Waals surface area contributed by atoms with E-state index in [2.05, 4.69) is 46.8 Å². The Balaban J connectivity index is 1.50. The van der Waals surface area contributed by atoms with E-state index in [0.29, 0.717) is 12.0 Å². The molecule has 25 heavy (non-hydrogen) atoms. The summed E-state index contributed by atoms with van der Waals surface area (Å²) in [7, 11) is 1.81. The smallest absolute Gasteiger partial charge is 0.225 e. The third-order valence-corrected chi connectivity index (χ3v) is 5.26. The highest BCUT2D eigenvalue weighted by atomic mass is 16.2. The van der Waals surface area contributed by atoms with E-state index >= 15 is 0 Å². The third-order valence-electron chi connectivity index (χ3n) is 5.26. The van der Waals surface area contributed by atoms with Gasteiger partial charge in [0.1, 0.15) is 0 Å². The van der Waals surface area contributed by atoms with Crippen molar-refractivity contribution in [1.82, 2.24) is 15.5 Å². The quantitative estimate of drug-likeness (QED) is 0.652. The number of likely N-dealkylation sites (tertiary alicyclic amines) is 1. The van der Waals surface area contributed by atoms with E-state index in [4.69, 9.17) is 0 Å². The molecule has 1 saturated heterocycles. The predicted molar refractivity (Wildman–Crippen MR) is 102 cm³/mol. The first kappa shape index (κ1) is 17.8. The lowest BCUT2D eigenvalue weighted by atomic mass is 10.0. The summed E-state index contributed by atoms with van der Waals surface area (Å²) in [5.41, 5.74) is 2.79. The van der Waals surface area contributed by atoms with Crippen LogP contribution in [0.15, 0.2) is 29.3 Å². The van der Waals surface area contributed by atoms with Crippen LogP contribution in [0.1, 0.15) is 43.7 Å². The molecule has 1 aromatic rings. The van der Waals surface area contributed by atoms with E-state index in [1.807, 2.05) is 25.8 Å². The highest BCUT2D eigenvalue weighted by Gasteiger charge is 2.40. The van der Waals surface area contributed by atoms with Crippen LogP contribution < -0.4 is 10.6 Å². The van der Waals surface area contributed by atoms with Gasteiger partial charge in [0.2, 0.25) is 5.91 Å². The summed E-state index contributed by atoms with van der Waals surface area (Å²) >= 11 is 0. The SMILES string of the molecule is CN=C(NC1CCN(C(=O)C(C)C)C1)NC1CC1c1ccccc1C. The van der Waals surface area contributed by atoms with Crippen LogP contribution in [0, 0.1) is 12.8 Å². The fourth-order valence-electron chi connectivity index (χ4n) is 3.68. The van der Waals surface area contributed by atoms with E-state index in [1.165, 1.54) is 11.1 Å². The first-order chi connectivity index (χ1) is 12.0. The van der Waals surface area contributed by atoms with E-state index in [-0.39, 0.29) is 17.9 Å². The highest BCUT2D eigenvalue weighted by molar-refractivity contribution is 5.81. The van der Waals surface area contributed by atoms with Crippen molar-refractivity contribution in [2.45, 2.75) is 51.6 Å². The summed E-state index contributed by atoms with van der Waals surface area (Å²) in [6, 6.07) is 9.34. The van der Waals surface area contributed by atoms with Gasteiger partial charge in [-0.3, -0.25) is 9.79 Å². The van der Waals surface area contributed by atoms with Crippen LogP contribution in [0.2, 0.25) is 0 Å². The molecule has 3 unspecified atom stereocenters. The molecule has 5 nitrogen and oxygen atoms in total. The number of hydrogen-bond acceptors (Lipinski definition) is 2. The standard InChI is InChI=1S/C20H30N4O/c1-13(2)19(25)24-10-9-15(12-24)22-20(21-4)23-18-11-17(18)16-8-6-5-7-14(16)3/h5-8,13,15,17-18H,9-12H2,1-4H3,(H2,21,22,23). The molecule has 1 heterocycles. The Bertz CT molecular complexity index is 655. The number of guanidine groups is 1. The van der Waals surface area contributed by atoms with E-state index < -0.39 is 0 Å². The second-order valence-corrected chi connectivity index (χ2v) is 7.59. The molecule has 0 bridgehead atoms. The zero-order valence-electron chi connectivity index (χ0n) is 15.7. The van der Waals surface area contributed by atoms with Crippen molar-refractivity contribution in [3.63, 3.8) is 0 Å². The van der Waals surface area contributed by atoms with Crippen LogP contribution >= 0.6 is 0 Å². The van der Waals surface area contributed by atoms with Crippen LogP contribution in [0.5, 0.6) is 0 Å². The minimum atomic E-state index is 0.0671. The molecule has 136 valence electrons. The minimum absolute atomic E-state index is 0.0671.